The number of hydrogen-bond acceptors (Lipinski definition) is 2. The Labute approximate surface area is 154 Å². The summed E-state index contributed by atoms with van der Waals surface area (Å²) in [5, 5.41) is 0. The third kappa shape index (κ3) is 2.76. The Hall–Kier alpha value is -1.52. The van der Waals surface area contributed by atoms with Crippen molar-refractivity contribution in [1.82, 2.24) is 0 Å². The SMILES string of the molecule is CC(C)(C)C1CS(=O)C(=C2c3ccccc3-c3ccccc32)S(=O)C1. The summed E-state index contributed by atoms with van der Waals surface area (Å²) in [5.74, 6) is 1.40. The lowest BCUT2D eigenvalue weighted by Gasteiger charge is -2.34. The van der Waals surface area contributed by atoms with Gasteiger partial charge in [-0.3, -0.25) is 8.42 Å². The lowest BCUT2D eigenvalue weighted by molar-refractivity contribution is 0.290. The standard InChI is InChI=1S/C21H22O2S2/c1-21(2,3)14-12-24(22)20(25(23)13-14)19-17-10-6-4-8-15(17)16-9-5-7-11-18(16)19/h4-11,14H,12-13H2,1-3H3. The van der Waals surface area contributed by atoms with E-state index < -0.39 is 21.6 Å². The first-order valence-corrected chi connectivity index (χ1v) is 11.2. The summed E-state index contributed by atoms with van der Waals surface area (Å²) in [6.45, 7) is 6.43. The average molecular weight is 371 g/mol. The van der Waals surface area contributed by atoms with Crippen molar-refractivity contribution in [3.05, 3.63) is 63.9 Å². The molecular weight excluding hydrogens is 348 g/mol. The zero-order valence-corrected chi connectivity index (χ0v) is 16.4. The summed E-state index contributed by atoms with van der Waals surface area (Å²) in [5.41, 5.74) is 5.38. The first-order valence-electron chi connectivity index (χ1n) is 8.58. The normalized spacial score (nSPS) is 25.6. The number of hydrogen-bond donors (Lipinski definition) is 0. The molecule has 130 valence electrons. The second kappa shape index (κ2) is 6.03. The van der Waals surface area contributed by atoms with Crippen molar-refractivity contribution in [2.45, 2.75) is 20.8 Å². The van der Waals surface area contributed by atoms with Gasteiger partial charge in [0.25, 0.3) is 0 Å². The molecule has 1 aliphatic carbocycles. The second-order valence-corrected chi connectivity index (χ2v) is 11.0. The lowest BCUT2D eigenvalue weighted by atomic mass is 9.83. The van der Waals surface area contributed by atoms with Crippen LogP contribution < -0.4 is 0 Å². The first-order chi connectivity index (χ1) is 11.9. The van der Waals surface area contributed by atoms with Crippen LogP contribution in [0.25, 0.3) is 16.7 Å². The molecule has 2 aliphatic rings. The zero-order chi connectivity index (χ0) is 17.8. The van der Waals surface area contributed by atoms with E-state index in [0.717, 1.165) is 27.8 Å². The Kier molecular flexibility index (Phi) is 4.08. The van der Waals surface area contributed by atoms with Crippen LogP contribution in [0.1, 0.15) is 31.9 Å². The molecule has 25 heavy (non-hydrogen) atoms. The Morgan fingerprint density at radius 3 is 1.56 bits per heavy atom. The van der Waals surface area contributed by atoms with Gasteiger partial charge in [-0.05, 0) is 33.6 Å². The molecule has 2 atom stereocenters. The Morgan fingerprint density at radius 1 is 0.760 bits per heavy atom. The predicted octanol–water partition coefficient (Wildman–Crippen LogP) is 4.56. The van der Waals surface area contributed by atoms with Crippen molar-refractivity contribution in [1.29, 1.82) is 0 Å². The average Bonchev–Trinajstić information content (AvgIpc) is 2.89. The van der Waals surface area contributed by atoms with Crippen LogP contribution in [-0.4, -0.2) is 19.9 Å². The van der Waals surface area contributed by atoms with Crippen molar-refractivity contribution < 1.29 is 8.42 Å². The molecule has 1 fully saturated rings. The summed E-state index contributed by atoms with van der Waals surface area (Å²) in [7, 11) is -2.42. The molecule has 2 nitrogen and oxygen atoms in total. The van der Waals surface area contributed by atoms with Crippen LogP contribution in [0.5, 0.6) is 0 Å². The monoisotopic (exact) mass is 370 g/mol. The van der Waals surface area contributed by atoms with E-state index in [1.54, 1.807) is 0 Å². The van der Waals surface area contributed by atoms with Gasteiger partial charge in [-0.2, -0.15) is 0 Å². The molecule has 2 unspecified atom stereocenters. The van der Waals surface area contributed by atoms with Crippen molar-refractivity contribution in [2.75, 3.05) is 11.5 Å². The van der Waals surface area contributed by atoms with Gasteiger partial charge in [-0.15, -0.1) is 0 Å². The molecule has 1 heterocycles. The highest BCUT2D eigenvalue weighted by atomic mass is 32.2. The third-order valence-electron chi connectivity index (χ3n) is 5.23. The van der Waals surface area contributed by atoms with Crippen LogP contribution in [0, 0.1) is 11.3 Å². The topological polar surface area (TPSA) is 34.1 Å². The predicted molar refractivity (Wildman–Crippen MR) is 107 cm³/mol. The van der Waals surface area contributed by atoms with Gasteiger partial charge in [0.05, 0.1) is 21.6 Å². The van der Waals surface area contributed by atoms with E-state index in [0.29, 0.717) is 15.7 Å². The quantitative estimate of drug-likeness (QED) is 0.581. The molecule has 1 aliphatic heterocycles. The summed E-state index contributed by atoms with van der Waals surface area (Å²) in [4.78, 5) is 0. The van der Waals surface area contributed by atoms with E-state index in [9.17, 15) is 8.42 Å². The van der Waals surface area contributed by atoms with Gasteiger partial charge >= 0.3 is 0 Å². The van der Waals surface area contributed by atoms with Crippen LogP contribution in [0.3, 0.4) is 0 Å². The molecule has 1 saturated heterocycles. The minimum atomic E-state index is -1.21. The second-order valence-electron chi connectivity index (χ2n) is 7.84. The molecule has 0 saturated carbocycles. The van der Waals surface area contributed by atoms with E-state index in [1.807, 2.05) is 24.3 Å². The fourth-order valence-electron chi connectivity index (χ4n) is 3.63. The van der Waals surface area contributed by atoms with Gasteiger partial charge in [0.15, 0.2) is 0 Å². The molecule has 0 radical (unpaired) electrons. The maximum Gasteiger partial charge on any atom is 0.111 e. The third-order valence-corrected chi connectivity index (χ3v) is 8.99. The van der Waals surface area contributed by atoms with Gasteiger partial charge in [0.1, 0.15) is 4.24 Å². The van der Waals surface area contributed by atoms with E-state index in [-0.39, 0.29) is 11.3 Å². The molecule has 4 heteroatoms. The molecule has 2 aromatic carbocycles. The highest BCUT2D eigenvalue weighted by Gasteiger charge is 2.39. The number of fused-ring (bicyclic) bond motifs is 3. The van der Waals surface area contributed by atoms with Crippen molar-refractivity contribution in [2.24, 2.45) is 11.3 Å². The van der Waals surface area contributed by atoms with Crippen LogP contribution in [0.4, 0.5) is 0 Å². The van der Waals surface area contributed by atoms with Gasteiger partial charge in [-0.1, -0.05) is 69.3 Å². The summed E-state index contributed by atoms with van der Waals surface area (Å²) >= 11 is 0. The molecule has 0 bridgehead atoms. The fraction of sp³-hybridized carbons (Fsp3) is 0.333. The largest absolute Gasteiger partial charge is 0.254 e. The maximum atomic E-state index is 13.1. The van der Waals surface area contributed by atoms with Gasteiger partial charge in [0, 0.05) is 17.1 Å². The summed E-state index contributed by atoms with van der Waals surface area (Å²) in [6.07, 6.45) is 0. The number of rotatable bonds is 0. The summed E-state index contributed by atoms with van der Waals surface area (Å²) < 4.78 is 26.9. The smallest absolute Gasteiger partial charge is 0.111 e. The van der Waals surface area contributed by atoms with E-state index in [1.165, 1.54) is 0 Å². The Bertz CT molecular complexity index is 867. The maximum absolute atomic E-state index is 13.1. The molecule has 0 N–H and O–H groups in total. The van der Waals surface area contributed by atoms with Gasteiger partial charge in [0.2, 0.25) is 0 Å². The lowest BCUT2D eigenvalue weighted by Crippen LogP contribution is -2.36. The Morgan fingerprint density at radius 2 is 1.16 bits per heavy atom. The number of benzene rings is 2. The van der Waals surface area contributed by atoms with E-state index >= 15 is 0 Å². The fourth-order valence-corrected chi connectivity index (χ4v) is 8.18. The van der Waals surface area contributed by atoms with Crippen LogP contribution in [-0.2, 0) is 21.6 Å². The summed E-state index contributed by atoms with van der Waals surface area (Å²) in [6, 6.07) is 16.3. The molecule has 0 aromatic heterocycles. The zero-order valence-electron chi connectivity index (χ0n) is 14.7. The van der Waals surface area contributed by atoms with E-state index in [4.69, 9.17) is 0 Å². The van der Waals surface area contributed by atoms with Crippen molar-refractivity contribution in [3.8, 4) is 11.1 Å². The minimum absolute atomic E-state index is 0.0208. The van der Waals surface area contributed by atoms with Crippen LogP contribution >= 0.6 is 0 Å². The van der Waals surface area contributed by atoms with Crippen molar-refractivity contribution >= 4 is 27.2 Å². The van der Waals surface area contributed by atoms with Crippen molar-refractivity contribution in [3.63, 3.8) is 0 Å². The molecular formula is C21H22O2S2. The highest BCUT2D eigenvalue weighted by Crippen LogP contribution is 2.48. The van der Waals surface area contributed by atoms with Gasteiger partial charge < -0.3 is 0 Å². The molecule has 0 spiro atoms. The minimum Gasteiger partial charge on any atom is -0.254 e. The van der Waals surface area contributed by atoms with Crippen LogP contribution in [0.15, 0.2) is 52.8 Å². The van der Waals surface area contributed by atoms with E-state index in [2.05, 4.69) is 45.0 Å². The molecule has 4 rings (SSSR count). The molecule has 2 aromatic rings. The molecule has 0 amide bonds. The highest BCUT2D eigenvalue weighted by molar-refractivity contribution is 8.09. The van der Waals surface area contributed by atoms with Crippen LogP contribution in [0.2, 0.25) is 0 Å². The Balaban J connectivity index is 1.92. The van der Waals surface area contributed by atoms with Gasteiger partial charge in [-0.25, -0.2) is 0 Å². The first kappa shape index (κ1) is 16.9.